The van der Waals surface area contributed by atoms with Gasteiger partial charge in [0, 0.05) is 18.7 Å². The van der Waals surface area contributed by atoms with Crippen molar-refractivity contribution in [3.63, 3.8) is 0 Å². The lowest BCUT2D eigenvalue weighted by atomic mass is 10.4. The highest BCUT2D eigenvalue weighted by Crippen LogP contribution is 2.37. The predicted molar refractivity (Wildman–Crippen MR) is 58.0 cm³/mol. The lowest BCUT2D eigenvalue weighted by molar-refractivity contribution is 0.0481. The van der Waals surface area contributed by atoms with Crippen molar-refractivity contribution >= 4 is 11.7 Å². The van der Waals surface area contributed by atoms with Gasteiger partial charge in [0.1, 0.15) is 5.69 Å². The Kier molecular flexibility index (Phi) is 3.12. The second kappa shape index (κ2) is 4.55. The summed E-state index contributed by atoms with van der Waals surface area (Å²) in [5.74, 6) is -0.419. The molecule has 1 aromatic heterocycles. The van der Waals surface area contributed by atoms with Crippen molar-refractivity contribution in [1.82, 2.24) is 4.57 Å². The average Bonchev–Trinajstić information content (AvgIpc) is 3.02. The van der Waals surface area contributed by atoms with Crippen LogP contribution in [0.5, 0.6) is 0 Å². The number of rotatable bonds is 5. The molecule has 88 valence electrons. The third-order valence-corrected chi connectivity index (χ3v) is 2.53. The van der Waals surface area contributed by atoms with Gasteiger partial charge in [-0.25, -0.2) is 4.79 Å². The molecule has 0 saturated heterocycles. The number of ether oxygens (including phenoxy) is 1. The minimum Gasteiger partial charge on any atom is -0.461 e. The monoisotopic (exact) mass is 226 g/mol. The van der Waals surface area contributed by atoms with Crippen LogP contribution in [0.4, 0.5) is 10.1 Å². The van der Waals surface area contributed by atoms with Crippen molar-refractivity contribution in [1.29, 1.82) is 0 Å². The first-order valence-electron chi connectivity index (χ1n) is 5.43. The number of hydrogen-bond acceptors (Lipinski definition) is 3. The van der Waals surface area contributed by atoms with Crippen molar-refractivity contribution in [2.75, 3.05) is 19.0 Å². The second-order valence-electron chi connectivity index (χ2n) is 3.98. The lowest BCUT2D eigenvalue weighted by Crippen LogP contribution is -2.12. The predicted octanol–water partition coefficient (Wildman–Crippen LogP) is 1.92. The second-order valence-corrected chi connectivity index (χ2v) is 3.98. The van der Waals surface area contributed by atoms with Crippen LogP contribution >= 0.6 is 0 Å². The minimum absolute atomic E-state index is 0.116. The Labute approximate surface area is 93.2 Å². The van der Waals surface area contributed by atoms with Crippen molar-refractivity contribution < 1.29 is 13.9 Å². The topological polar surface area (TPSA) is 57.3 Å². The highest BCUT2D eigenvalue weighted by atomic mass is 19.1. The number of nitrogen functional groups attached to an aromatic ring is 1. The third kappa shape index (κ3) is 2.35. The molecule has 0 spiro atoms. The third-order valence-electron chi connectivity index (χ3n) is 2.53. The molecule has 5 heteroatoms. The summed E-state index contributed by atoms with van der Waals surface area (Å²) in [7, 11) is 0. The van der Waals surface area contributed by atoms with Gasteiger partial charge in [0.2, 0.25) is 0 Å². The smallest absolute Gasteiger partial charge is 0.355 e. The summed E-state index contributed by atoms with van der Waals surface area (Å²) in [6.07, 6.45) is 4.13. The molecule has 0 aliphatic heterocycles. The van der Waals surface area contributed by atoms with Crippen LogP contribution < -0.4 is 5.73 Å². The number of carbonyl (C=O) groups is 1. The molecule has 4 nitrogen and oxygen atoms in total. The van der Waals surface area contributed by atoms with E-state index in [1.54, 1.807) is 12.3 Å². The van der Waals surface area contributed by atoms with Crippen LogP contribution in [0.3, 0.4) is 0 Å². The number of esters is 1. The number of carbonyl (C=O) groups excluding carboxylic acids is 1. The molecule has 16 heavy (non-hydrogen) atoms. The van der Waals surface area contributed by atoms with Crippen LogP contribution in [0.2, 0.25) is 0 Å². The van der Waals surface area contributed by atoms with E-state index in [0.29, 0.717) is 17.4 Å². The Hall–Kier alpha value is -1.52. The first-order chi connectivity index (χ1) is 7.72. The Bertz CT molecular complexity index is 385. The maximum absolute atomic E-state index is 11.9. The van der Waals surface area contributed by atoms with E-state index in [2.05, 4.69) is 0 Å². The number of alkyl halides is 1. The summed E-state index contributed by atoms with van der Waals surface area (Å²) < 4.78 is 18.7. The molecule has 2 N–H and O–H groups in total. The number of halogens is 1. The molecule has 2 rings (SSSR count). The van der Waals surface area contributed by atoms with E-state index in [-0.39, 0.29) is 13.0 Å². The van der Waals surface area contributed by atoms with Gasteiger partial charge in [0.05, 0.1) is 19.0 Å². The molecule has 0 atom stereocenters. The zero-order valence-corrected chi connectivity index (χ0v) is 8.99. The summed E-state index contributed by atoms with van der Waals surface area (Å²) in [5.41, 5.74) is 6.68. The van der Waals surface area contributed by atoms with Gasteiger partial charge in [0.25, 0.3) is 0 Å². The molecule has 1 saturated carbocycles. The Morgan fingerprint density at radius 2 is 2.38 bits per heavy atom. The molecular weight excluding hydrogens is 211 g/mol. The molecule has 0 radical (unpaired) electrons. The summed E-state index contributed by atoms with van der Waals surface area (Å²) in [6, 6.07) is 1.98. The maximum Gasteiger partial charge on any atom is 0.355 e. The largest absolute Gasteiger partial charge is 0.461 e. The van der Waals surface area contributed by atoms with Gasteiger partial charge in [-0.15, -0.1) is 0 Å². The standard InChI is InChI=1S/C11H15FN2O2/c12-4-1-5-16-11(15)10-6-8(13)7-14(10)9-2-3-9/h6-7,9H,1-5,13H2. The number of hydrogen-bond donors (Lipinski definition) is 1. The maximum atomic E-state index is 11.9. The molecule has 1 fully saturated rings. The summed E-state index contributed by atoms with van der Waals surface area (Å²) in [5, 5.41) is 0. The van der Waals surface area contributed by atoms with Gasteiger partial charge in [-0.05, 0) is 18.9 Å². The zero-order valence-electron chi connectivity index (χ0n) is 8.99. The first kappa shape index (κ1) is 11.0. The molecule has 0 bridgehead atoms. The van der Waals surface area contributed by atoms with E-state index >= 15 is 0 Å². The molecule has 1 aliphatic carbocycles. The number of anilines is 1. The van der Waals surface area contributed by atoms with Crippen molar-refractivity contribution in [3.05, 3.63) is 18.0 Å². The SMILES string of the molecule is Nc1cc(C(=O)OCCCF)n(C2CC2)c1. The van der Waals surface area contributed by atoms with Gasteiger partial charge in [-0.3, -0.25) is 4.39 Å². The number of nitrogens with two attached hydrogens (primary N) is 1. The zero-order chi connectivity index (χ0) is 11.5. The van der Waals surface area contributed by atoms with Gasteiger partial charge in [0.15, 0.2) is 0 Å². The number of aromatic nitrogens is 1. The van der Waals surface area contributed by atoms with E-state index < -0.39 is 12.6 Å². The molecule has 1 heterocycles. The Morgan fingerprint density at radius 3 is 3.00 bits per heavy atom. The van der Waals surface area contributed by atoms with Gasteiger partial charge < -0.3 is 15.0 Å². The normalized spacial score (nSPS) is 15.1. The molecule has 1 aliphatic rings. The lowest BCUT2D eigenvalue weighted by Gasteiger charge is -2.06. The minimum atomic E-state index is -0.473. The van der Waals surface area contributed by atoms with E-state index in [1.165, 1.54) is 0 Å². The molecular formula is C11H15FN2O2. The van der Waals surface area contributed by atoms with Crippen LogP contribution in [0, 0.1) is 0 Å². The summed E-state index contributed by atoms with van der Waals surface area (Å²) in [4.78, 5) is 11.7. The fourth-order valence-electron chi connectivity index (χ4n) is 1.61. The summed E-state index contributed by atoms with van der Waals surface area (Å²) in [6.45, 7) is -0.357. The van der Waals surface area contributed by atoms with Crippen LogP contribution in [-0.2, 0) is 4.74 Å². The Morgan fingerprint density at radius 1 is 1.62 bits per heavy atom. The fourth-order valence-corrected chi connectivity index (χ4v) is 1.61. The first-order valence-corrected chi connectivity index (χ1v) is 5.43. The summed E-state index contributed by atoms with van der Waals surface area (Å²) >= 11 is 0. The van der Waals surface area contributed by atoms with Gasteiger partial charge in [-0.2, -0.15) is 0 Å². The quantitative estimate of drug-likeness (QED) is 0.616. The highest BCUT2D eigenvalue weighted by Gasteiger charge is 2.28. The number of nitrogens with zero attached hydrogens (tertiary/aromatic N) is 1. The van der Waals surface area contributed by atoms with Crippen LogP contribution in [0.15, 0.2) is 12.3 Å². The molecule has 0 amide bonds. The van der Waals surface area contributed by atoms with Gasteiger partial charge in [-0.1, -0.05) is 0 Å². The van der Waals surface area contributed by atoms with Crippen LogP contribution in [-0.4, -0.2) is 23.8 Å². The van der Waals surface area contributed by atoms with E-state index in [1.807, 2.05) is 4.57 Å². The van der Waals surface area contributed by atoms with Crippen LogP contribution in [0.1, 0.15) is 35.8 Å². The van der Waals surface area contributed by atoms with Crippen molar-refractivity contribution in [2.24, 2.45) is 0 Å². The van der Waals surface area contributed by atoms with Crippen molar-refractivity contribution in [2.45, 2.75) is 25.3 Å². The van der Waals surface area contributed by atoms with E-state index in [4.69, 9.17) is 10.5 Å². The Balaban J connectivity index is 2.03. The molecule has 0 aromatic carbocycles. The molecule has 1 aromatic rings. The van der Waals surface area contributed by atoms with Crippen molar-refractivity contribution in [3.8, 4) is 0 Å². The highest BCUT2D eigenvalue weighted by molar-refractivity contribution is 5.89. The molecule has 0 unspecified atom stereocenters. The van der Waals surface area contributed by atoms with Crippen LogP contribution in [0.25, 0.3) is 0 Å². The van der Waals surface area contributed by atoms with E-state index in [0.717, 1.165) is 12.8 Å². The average molecular weight is 226 g/mol. The van der Waals surface area contributed by atoms with E-state index in [9.17, 15) is 9.18 Å². The van der Waals surface area contributed by atoms with Gasteiger partial charge >= 0.3 is 5.97 Å². The fraction of sp³-hybridized carbons (Fsp3) is 0.545.